The lowest BCUT2D eigenvalue weighted by Gasteiger charge is -2.10. The molecular formula is C13H13BrN2O. The molecule has 0 fully saturated rings. The summed E-state index contributed by atoms with van der Waals surface area (Å²) in [4.78, 5) is 8.28. The average Bonchev–Trinajstić information content (AvgIpc) is 2.29. The Morgan fingerprint density at radius 1 is 1.29 bits per heavy atom. The van der Waals surface area contributed by atoms with E-state index in [-0.39, 0.29) is 0 Å². The predicted molar refractivity (Wildman–Crippen MR) is 69.6 cm³/mol. The van der Waals surface area contributed by atoms with Crippen LogP contribution in [0.5, 0.6) is 0 Å². The van der Waals surface area contributed by atoms with Gasteiger partial charge < -0.3 is 5.11 Å². The molecule has 0 aliphatic rings. The largest absolute Gasteiger partial charge is 0.386 e. The molecule has 0 saturated carbocycles. The van der Waals surface area contributed by atoms with E-state index in [0.717, 1.165) is 15.6 Å². The fourth-order valence-corrected chi connectivity index (χ4v) is 1.98. The third-order valence-corrected chi connectivity index (χ3v) is 2.90. The van der Waals surface area contributed by atoms with Crippen molar-refractivity contribution in [3.63, 3.8) is 0 Å². The van der Waals surface area contributed by atoms with Crippen molar-refractivity contribution in [3.8, 4) is 0 Å². The van der Waals surface area contributed by atoms with Gasteiger partial charge in [-0.1, -0.05) is 6.07 Å². The van der Waals surface area contributed by atoms with Crippen molar-refractivity contribution >= 4 is 15.9 Å². The van der Waals surface area contributed by atoms with Crippen LogP contribution in [0.25, 0.3) is 0 Å². The summed E-state index contributed by atoms with van der Waals surface area (Å²) in [5, 5.41) is 10.1. The number of halogens is 1. The van der Waals surface area contributed by atoms with Gasteiger partial charge in [-0.25, -0.2) is 0 Å². The van der Waals surface area contributed by atoms with Gasteiger partial charge in [0.1, 0.15) is 0 Å². The number of hydrogen-bond acceptors (Lipinski definition) is 3. The highest BCUT2D eigenvalue weighted by molar-refractivity contribution is 9.10. The lowest BCUT2D eigenvalue weighted by Crippen LogP contribution is -2.04. The lowest BCUT2D eigenvalue weighted by atomic mass is 10.1. The number of rotatable bonds is 3. The van der Waals surface area contributed by atoms with Crippen LogP contribution in [0.15, 0.2) is 41.3 Å². The molecule has 4 heteroatoms. The molecule has 17 heavy (non-hydrogen) atoms. The minimum atomic E-state index is -0.591. The minimum absolute atomic E-state index is 0.516. The second kappa shape index (κ2) is 5.38. The average molecular weight is 293 g/mol. The number of aliphatic hydroxyl groups is 1. The van der Waals surface area contributed by atoms with Gasteiger partial charge in [-0.2, -0.15) is 0 Å². The van der Waals surface area contributed by atoms with Crippen LogP contribution >= 0.6 is 15.9 Å². The van der Waals surface area contributed by atoms with Crippen LogP contribution in [0.2, 0.25) is 0 Å². The maximum Gasteiger partial charge on any atom is 0.1000 e. The van der Waals surface area contributed by atoms with E-state index in [1.54, 1.807) is 18.6 Å². The van der Waals surface area contributed by atoms with E-state index in [2.05, 4.69) is 25.9 Å². The molecule has 88 valence electrons. The fraction of sp³-hybridized carbons (Fsp3) is 0.231. The molecular weight excluding hydrogens is 280 g/mol. The Balaban J connectivity index is 2.11. The minimum Gasteiger partial charge on any atom is -0.386 e. The third-order valence-electron chi connectivity index (χ3n) is 2.47. The standard InChI is InChI=1S/C13H13BrN2O/c1-9-2-3-12(16-6-9)13(17)5-10-4-11(14)8-15-7-10/h2-4,6-8,13,17H,5H2,1H3. The molecule has 3 nitrogen and oxygen atoms in total. The molecule has 1 N–H and O–H groups in total. The monoisotopic (exact) mass is 292 g/mol. The second-order valence-corrected chi connectivity index (χ2v) is 4.91. The van der Waals surface area contributed by atoms with Crippen molar-refractivity contribution in [3.05, 3.63) is 58.1 Å². The van der Waals surface area contributed by atoms with Crippen molar-refractivity contribution < 1.29 is 5.11 Å². The summed E-state index contributed by atoms with van der Waals surface area (Å²) in [6.45, 7) is 1.97. The summed E-state index contributed by atoms with van der Waals surface area (Å²) in [6.07, 6.45) is 5.16. The molecule has 0 aliphatic heterocycles. The van der Waals surface area contributed by atoms with Gasteiger partial charge in [-0.15, -0.1) is 0 Å². The predicted octanol–water partition coefficient (Wildman–Crippen LogP) is 2.82. The van der Waals surface area contributed by atoms with E-state index in [1.807, 2.05) is 25.1 Å². The zero-order valence-electron chi connectivity index (χ0n) is 9.47. The van der Waals surface area contributed by atoms with Crippen LogP contribution in [0, 0.1) is 6.92 Å². The van der Waals surface area contributed by atoms with E-state index >= 15 is 0 Å². The van der Waals surface area contributed by atoms with E-state index in [9.17, 15) is 5.11 Å². The highest BCUT2D eigenvalue weighted by atomic mass is 79.9. The Labute approximate surface area is 109 Å². The van der Waals surface area contributed by atoms with Crippen LogP contribution in [0.3, 0.4) is 0 Å². The Morgan fingerprint density at radius 2 is 2.12 bits per heavy atom. The van der Waals surface area contributed by atoms with Crippen LogP contribution < -0.4 is 0 Å². The first-order chi connectivity index (χ1) is 8.15. The summed E-state index contributed by atoms with van der Waals surface area (Å²) in [5.74, 6) is 0. The van der Waals surface area contributed by atoms with E-state index in [0.29, 0.717) is 12.1 Å². The molecule has 0 spiro atoms. The van der Waals surface area contributed by atoms with Gasteiger partial charge in [0.2, 0.25) is 0 Å². The van der Waals surface area contributed by atoms with Crippen molar-refractivity contribution in [2.75, 3.05) is 0 Å². The molecule has 2 heterocycles. The van der Waals surface area contributed by atoms with E-state index < -0.39 is 6.10 Å². The molecule has 0 bridgehead atoms. The summed E-state index contributed by atoms with van der Waals surface area (Å²) >= 11 is 3.36. The Kier molecular flexibility index (Phi) is 3.86. The van der Waals surface area contributed by atoms with Crippen molar-refractivity contribution in [1.82, 2.24) is 9.97 Å². The van der Waals surface area contributed by atoms with E-state index in [1.165, 1.54) is 0 Å². The van der Waals surface area contributed by atoms with Crippen molar-refractivity contribution in [2.24, 2.45) is 0 Å². The SMILES string of the molecule is Cc1ccc(C(O)Cc2cncc(Br)c2)nc1. The molecule has 0 aromatic carbocycles. The first-order valence-corrected chi connectivity index (χ1v) is 6.14. The normalized spacial score (nSPS) is 12.4. The quantitative estimate of drug-likeness (QED) is 0.946. The third kappa shape index (κ3) is 3.35. The summed E-state index contributed by atoms with van der Waals surface area (Å²) in [5.41, 5.74) is 2.76. The first kappa shape index (κ1) is 12.2. The van der Waals surface area contributed by atoms with E-state index in [4.69, 9.17) is 0 Å². The molecule has 0 aliphatic carbocycles. The zero-order valence-corrected chi connectivity index (χ0v) is 11.1. The molecule has 1 atom stereocenters. The second-order valence-electron chi connectivity index (χ2n) is 3.99. The number of hydrogen-bond donors (Lipinski definition) is 1. The molecule has 0 radical (unpaired) electrons. The smallest absolute Gasteiger partial charge is 0.1000 e. The Bertz CT molecular complexity index is 499. The van der Waals surface area contributed by atoms with Crippen molar-refractivity contribution in [1.29, 1.82) is 0 Å². The van der Waals surface area contributed by atoms with Gasteiger partial charge in [-0.3, -0.25) is 9.97 Å². The Morgan fingerprint density at radius 3 is 2.76 bits per heavy atom. The molecule has 0 amide bonds. The number of aryl methyl sites for hydroxylation is 1. The highest BCUT2D eigenvalue weighted by Gasteiger charge is 2.10. The maximum atomic E-state index is 10.1. The first-order valence-electron chi connectivity index (χ1n) is 5.35. The van der Waals surface area contributed by atoms with Crippen molar-refractivity contribution in [2.45, 2.75) is 19.4 Å². The van der Waals surface area contributed by atoms with Gasteiger partial charge in [0.25, 0.3) is 0 Å². The number of aromatic nitrogens is 2. The number of aliphatic hydroxyl groups excluding tert-OH is 1. The zero-order chi connectivity index (χ0) is 12.3. The van der Waals surface area contributed by atoms with Gasteiger partial charge >= 0.3 is 0 Å². The number of nitrogens with zero attached hydrogens (tertiary/aromatic N) is 2. The maximum absolute atomic E-state index is 10.1. The molecule has 1 unspecified atom stereocenters. The van der Waals surface area contributed by atoms with Gasteiger partial charge in [0.15, 0.2) is 0 Å². The molecule has 0 saturated heterocycles. The Hall–Kier alpha value is -1.26. The van der Waals surface area contributed by atoms with Gasteiger partial charge in [0, 0.05) is 29.5 Å². The van der Waals surface area contributed by atoms with Crippen LogP contribution in [-0.4, -0.2) is 15.1 Å². The molecule has 2 rings (SSSR count). The summed E-state index contributed by atoms with van der Waals surface area (Å²) in [6, 6.07) is 5.75. The fourth-order valence-electron chi connectivity index (χ4n) is 1.57. The molecule has 2 aromatic rings. The topological polar surface area (TPSA) is 46.0 Å². The highest BCUT2D eigenvalue weighted by Crippen LogP contribution is 2.18. The molecule has 2 aromatic heterocycles. The summed E-state index contributed by atoms with van der Waals surface area (Å²) < 4.78 is 0.916. The van der Waals surface area contributed by atoms with Gasteiger partial charge in [-0.05, 0) is 46.1 Å². The van der Waals surface area contributed by atoms with Crippen LogP contribution in [0.4, 0.5) is 0 Å². The summed E-state index contributed by atoms with van der Waals surface area (Å²) in [7, 11) is 0. The lowest BCUT2D eigenvalue weighted by molar-refractivity contribution is 0.173. The van der Waals surface area contributed by atoms with Crippen LogP contribution in [-0.2, 0) is 6.42 Å². The van der Waals surface area contributed by atoms with Gasteiger partial charge in [0.05, 0.1) is 11.8 Å². The van der Waals surface area contributed by atoms with Crippen LogP contribution in [0.1, 0.15) is 22.9 Å². The number of pyridine rings is 2.